The SMILES string of the molecule is O[C@@H]1CCCC[C@H]1Nc1nc2ccc(Oc3cncc(C4C=NN(CCN5CCOCC5)C4)c3)cc2s1. The van der Waals surface area contributed by atoms with Crippen LogP contribution in [0.3, 0.4) is 0 Å². The first-order valence-corrected chi connectivity index (χ1v) is 14.1. The van der Waals surface area contributed by atoms with E-state index < -0.39 is 0 Å². The van der Waals surface area contributed by atoms with Crippen molar-refractivity contribution in [3.63, 3.8) is 0 Å². The first-order valence-electron chi connectivity index (χ1n) is 13.3. The highest BCUT2D eigenvalue weighted by molar-refractivity contribution is 7.22. The molecule has 2 fully saturated rings. The lowest BCUT2D eigenvalue weighted by atomic mass is 9.93. The summed E-state index contributed by atoms with van der Waals surface area (Å²) in [5.74, 6) is 1.67. The monoisotopic (exact) mass is 522 g/mol. The van der Waals surface area contributed by atoms with Crippen molar-refractivity contribution in [2.24, 2.45) is 5.10 Å². The van der Waals surface area contributed by atoms with Gasteiger partial charge in [0.25, 0.3) is 0 Å². The summed E-state index contributed by atoms with van der Waals surface area (Å²) in [5.41, 5.74) is 2.03. The Bertz CT molecular complexity index is 1230. The normalized spacial score (nSPS) is 24.6. The number of pyridine rings is 1. The Morgan fingerprint density at radius 1 is 1.08 bits per heavy atom. The van der Waals surface area contributed by atoms with Crippen LogP contribution < -0.4 is 10.1 Å². The standard InChI is InChI=1S/C27H34N6O3S/c34-25-4-2-1-3-23(25)30-27-31-24-6-5-21(14-26(24)37-27)36-22-13-19(15-28-17-22)20-16-29-33(18-20)8-7-32-9-11-35-12-10-32/h5-6,13-17,20,23,25,34H,1-4,7-12,18H2,(H,30,31)/t20?,23-,25-/m1/s1. The third kappa shape index (κ3) is 6.04. The molecule has 0 spiro atoms. The summed E-state index contributed by atoms with van der Waals surface area (Å²) >= 11 is 1.59. The maximum atomic E-state index is 10.3. The number of hydrazone groups is 1. The fourth-order valence-corrected chi connectivity index (χ4v) is 6.17. The van der Waals surface area contributed by atoms with Crippen LogP contribution in [0.2, 0.25) is 0 Å². The predicted octanol–water partition coefficient (Wildman–Crippen LogP) is 3.92. The van der Waals surface area contributed by atoms with E-state index in [0.29, 0.717) is 5.75 Å². The van der Waals surface area contributed by atoms with E-state index in [9.17, 15) is 5.11 Å². The van der Waals surface area contributed by atoms with Crippen LogP contribution >= 0.6 is 11.3 Å². The Balaban J connectivity index is 1.07. The molecule has 2 aromatic heterocycles. The lowest BCUT2D eigenvalue weighted by molar-refractivity contribution is 0.0339. The van der Waals surface area contributed by atoms with Crippen molar-refractivity contribution >= 4 is 32.9 Å². The maximum Gasteiger partial charge on any atom is 0.184 e. The first kappa shape index (κ1) is 24.5. The van der Waals surface area contributed by atoms with Crippen LogP contribution in [0.5, 0.6) is 11.5 Å². The molecule has 1 aromatic carbocycles. The summed E-state index contributed by atoms with van der Waals surface area (Å²) in [6.07, 6.45) is 9.43. The quantitative estimate of drug-likeness (QED) is 0.460. The summed E-state index contributed by atoms with van der Waals surface area (Å²) in [6.45, 7) is 6.42. The van der Waals surface area contributed by atoms with E-state index in [0.717, 1.165) is 98.3 Å². The number of aliphatic hydroxyl groups excluding tert-OH is 1. The highest BCUT2D eigenvalue weighted by Gasteiger charge is 2.24. The van der Waals surface area contributed by atoms with Gasteiger partial charge in [0, 0.05) is 57.1 Å². The van der Waals surface area contributed by atoms with Crippen molar-refractivity contribution in [3.05, 3.63) is 42.2 Å². The number of morpholine rings is 1. The molecule has 0 amide bonds. The zero-order valence-electron chi connectivity index (χ0n) is 21.0. The van der Waals surface area contributed by atoms with Gasteiger partial charge in [-0.3, -0.25) is 14.9 Å². The molecule has 9 nitrogen and oxygen atoms in total. The third-order valence-electron chi connectivity index (χ3n) is 7.39. The van der Waals surface area contributed by atoms with Gasteiger partial charge >= 0.3 is 0 Å². The van der Waals surface area contributed by atoms with Crippen LogP contribution in [0.1, 0.15) is 37.2 Å². The molecule has 2 N–H and O–H groups in total. The number of anilines is 1. The number of nitrogens with one attached hydrogen (secondary N) is 1. The number of nitrogens with zero attached hydrogens (tertiary/aromatic N) is 5. The van der Waals surface area contributed by atoms with Gasteiger partial charge in [-0.25, -0.2) is 4.98 Å². The lowest BCUT2D eigenvalue weighted by Crippen LogP contribution is -2.40. The Kier molecular flexibility index (Phi) is 7.50. The van der Waals surface area contributed by atoms with E-state index in [2.05, 4.69) is 31.4 Å². The summed E-state index contributed by atoms with van der Waals surface area (Å²) in [6, 6.07) is 8.08. The van der Waals surface area contributed by atoms with E-state index >= 15 is 0 Å². The molecule has 3 aromatic rings. The molecule has 2 aliphatic heterocycles. The molecule has 0 radical (unpaired) electrons. The molecule has 0 bridgehead atoms. The van der Waals surface area contributed by atoms with E-state index in [1.807, 2.05) is 30.6 Å². The highest BCUT2D eigenvalue weighted by atomic mass is 32.1. The van der Waals surface area contributed by atoms with Crippen LogP contribution in [-0.2, 0) is 4.74 Å². The third-order valence-corrected chi connectivity index (χ3v) is 8.34. The maximum absolute atomic E-state index is 10.3. The summed E-state index contributed by atoms with van der Waals surface area (Å²) in [5, 5.41) is 21.3. The van der Waals surface area contributed by atoms with Crippen molar-refractivity contribution in [2.75, 3.05) is 51.3 Å². The molecule has 3 aliphatic rings. The second-order valence-corrected chi connectivity index (χ2v) is 11.1. The van der Waals surface area contributed by atoms with Crippen LogP contribution in [0, 0.1) is 0 Å². The number of benzene rings is 1. The van der Waals surface area contributed by atoms with Crippen molar-refractivity contribution < 1.29 is 14.6 Å². The molecule has 1 saturated carbocycles. The average Bonchev–Trinajstić information content (AvgIpc) is 3.56. The van der Waals surface area contributed by atoms with E-state index in [1.54, 1.807) is 17.5 Å². The van der Waals surface area contributed by atoms with Gasteiger partial charge < -0.3 is 19.9 Å². The summed E-state index contributed by atoms with van der Waals surface area (Å²) in [4.78, 5) is 11.6. The minimum Gasteiger partial charge on any atom is -0.456 e. The van der Waals surface area contributed by atoms with Crippen LogP contribution in [0.25, 0.3) is 10.2 Å². The van der Waals surface area contributed by atoms with Crippen molar-refractivity contribution in [2.45, 2.75) is 43.7 Å². The number of aliphatic hydroxyl groups is 1. The van der Waals surface area contributed by atoms with Gasteiger partial charge in [-0.05, 0) is 36.6 Å². The van der Waals surface area contributed by atoms with Crippen molar-refractivity contribution in [3.8, 4) is 11.5 Å². The number of thiazole rings is 1. The summed E-state index contributed by atoms with van der Waals surface area (Å²) in [7, 11) is 0. The molecule has 3 atom stereocenters. The number of hydrogen-bond donors (Lipinski definition) is 2. The van der Waals surface area contributed by atoms with Gasteiger partial charge in [-0.2, -0.15) is 5.10 Å². The molecular formula is C27H34N6O3S. The molecular weight excluding hydrogens is 488 g/mol. The topological polar surface area (TPSA) is 95.3 Å². The Labute approximate surface area is 221 Å². The Hall–Kier alpha value is -2.79. The Morgan fingerprint density at radius 2 is 1.97 bits per heavy atom. The molecule has 4 heterocycles. The van der Waals surface area contributed by atoms with Crippen molar-refractivity contribution in [1.29, 1.82) is 0 Å². The summed E-state index contributed by atoms with van der Waals surface area (Å²) < 4.78 is 12.7. The fraction of sp³-hybridized carbons (Fsp3) is 0.519. The smallest absolute Gasteiger partial charge is 0.184 e. The van der Waals surface area contributed by atoms with Gasteiger partial charge in [0.2, 0.25) is 0 Å². The predicted molar refractivity (Wildman–Crippen MR) is 146 cm³/mol. The molecule has 1 saturated heterocycles. The van der Waals surface area contributed by atoms with E-state index in [4.69, 9.17) is 14.5 Å². The van der Waals surface area contributed by atoms with Gasteiger partial charge in [0.05, 0.1) is 41.8 Å². The zero-order valence-corrected chi connectivity index (χ0v) is 21.8. The lowest BCUT2D eigenvalue weighted by Gasteiger charge is -2.28. The van der Waals surface area contributed by atoms with Gasteiger partial charge in [0.15, 0.2) is 5.13 Å². The van der Waals surface area contributed by atoms with E-state index in [1.165, 1.54) is 0 Å². The second kappa shape index (κ2) is 11.3. The van der Waals surface area contributed by atoms with E-state index in [-0.39, 0.29) is 18.1 Å². The molecule has 196 valence electrons. The second-order valence-electron chi connectivity index (χ2n) is 10.0. The minimum atomic E-state index is -0.304. The number of hydrogen-bond acceptors (Lipinski definition) is 10. The molecule has 1 unspecified atom stereocenters. The molecule has 6 rings (SSSR count). The first-order chi connectivity index (χ1) is 18.2. The van der Waals surface area contributed by atoms with Crippen LogP contribution in [0.15, 0.2) is 41.8 Å². The number of ether oxygens (including phenoxy) is 2. The van der Waals surface area contributed by atoms with Crippen molar-refractivity contribution in [1.82, 2.24) is 19.9 Å². The largest absolute Gasteiger partial charge is 0.456 e. The highest BCUT2D eigenvalue weighted by Crippen LogP contribution is 2.33. The van der Waals surface area contributed by atoms with Gasteiger partial charge in [-0.15, -0.1) is 0 Å². The Morgan fingerprint density at radius 3 is 2.86 bits per heavy atom. The van der Waals surface area contributed by atoms with Crippen LogP contribution in [-0.4, -0.2) is 89.3 Å². The average molecular weight is 523 g/mol. The fourth-order valence-electron chi connectivity index (χ4n) is 5.22. The van der Waals surface area contributed by atoms with Gasteiger partial charge in [0.1, 0.15) is 11.5 Å². The number of rotatable bonds is 8. The molecule has 10 heteroatoms. The van der Waals surface area contributed by atoms with Gasteiger partial charge in [-0.1, -0.05) is 24.2 Å². The zero-order chi connectivity index (χ0) is 25.0. The molecule has 1 aliphatic carbocycles. The minimum absolute atomic E-state index is 0.0771. The number of fused-ring (bicyclic) bond motifs is 1. The molecule has 37 heavy (non-hydrogen) atoms. The van der Waals surface area contributed by atoms with Crippen LogP contribution in [0.4, 0.5) is 5.13 Å². The number of aromatic nitrogens is 2.